The summed E-state index contributed by atoms with van der Waals surface area (Å²) < 4.78 is 26.4. The van der Waals surface area contributed by atoms with Crippen molar-refractivity contribution >= 4 is 27.3 Å². The number of piperazine rings is 1. The van der Waals surface area contributed by atoms with Crippen molar-refractivity contribution in [2.75, 3.05) is 41.6 Å². The lowest BCUT2D eigenvalue weighted by Gasteiger charge is -2.39. The van der Waals surface area contributed by atoms with Crippen molar-refractivity contribution in [1.82, 2.24) is 4.90 Å². The maximum Gasteiger partial charge on any atom is 0.246 e. The first kappa shape index (κ1) is 21.2. The zero-order chi connectivity index (χ0) is 21.2. The predicted octanol–water partition coefficient (Wildman–Crippen LogP) is 2.81. The topological polar surface area (TPSA) is 60.9 Å². The molecule has 0 radical (unpaired) electrons. The molecule has 0 aromatic heterocycles. The molecule has 1 atom stereocenters. The van der Waals surface area contributed by atoms with Crippen LogP contribution >= 0.6 is 0 Å². The van der Waals surface area contributed by atoms with Gasteiger partial charge >= 0.3 is 0 Å². The molecule has 156 valence electrons. The van der Waals surface area contributed by atoms with Gasteiger partial charge in [0.05, 0.1) is 11.9 Å². The van der Waals surface area contributed by atoms with Crippen LogP contribution in [-0.4, -0.2) is 57.7 Å². The quantitative estimate of drug-likeness (QED) is 0.753. The molecule has 7 heteroatoms. The first-order valence-corrected chi connectivity index (χ1v) is 11.7. The highest BCUT2D eigenvalue weighted by Crippen LogP contribution is 2.25. The molecule has 0 aliphatic carbocycles. The lowest BCUT2D eigenvalue weighted by Crippen LogP contribution is -2.55. The van der Waals surface area contributed by atoms with Crippen molar-refractivity contribution in [1.29, 1.82) is 0 Å². The number of sulfonamides is 1. The number of carbonyl (C=O) groups is 1. The van der Waals surface area contributed by atoms with E-state index >= 15 is 0 Å². The molecule has 0 N–H and O–H groups in total. The highest BCUT2D eigenvalue weighted by atomic mass is 32.2. The number of anilines is 2. The summed E-state index contributed by atoms with van der Waals surface area (Å²) in [6.07, 6.45) is 1.15. The monoisotopic (exact) mass is 415 g/mol. The minimum Gasteiger partial charge on any atom is -0.368 e. The number of hydrogen-bond donors (Lipinski definition) is 0. The molecular weight excluding hydrogens is 386 g/mol. The number of benzene rings is 2. The summed E-state index contributed by atoms with van der Waals surface area (Å²) in [5.74, 6) is -0.165. The highest BCUT2D eigenvalue weighted by molar-refractivity contribution is 7.92. The number of hydrogen-bond acceptors (Lipinski definition) is 4. The molecular formula is C22H29N3O3S. The molecule has 6 nitrogen and oxygen atoms in total. The Balaban J connectivity index is 1.77. The molecule has 1 saturated heterocycles. The summed E-state index contributed by atoms with van der Waals surface area (Å²) in [6.45, 7) is 8.12. The number of nitrogens with zero attached hydrogens (tertiary/aromatic N) is 3. The first-order valence-electron chi connectivity index (χ1n) is 9.83. The van der Waals surface area contributed by atoms with E-state index in [9.17, 15) is 13.2 Å². The second-order valence-electron chi connectivity index (χ2n) is 7.73. The van der Waals surface area contributed by atoms with Crippen LogP contribution in [0.1, 0.15) is 18.1 Å². The van der Waals surface area contributed by atoms with Crippen LogP contribution in [0.5, 0.6) is 0 Å². The number of para-hydroxylation sites is 1. The van der Waals surface area contributed by atoms with Crippen LogP contribution in [0.3, 0.4) is 0 Å². The highest BCUT2D eigenvalue weighted by Gasteiger charge is 2.33. The minimum absolute atomic E-state index is 0.165. The van der Waals surface area contributed by atoms with E-state index < -0.39 is 16.1 Å². The average Bonchev–Trinajstić information content (AvgIpc) is 2.66. The smallest absolute Gasteiger partial charge is 0.246 e. The predicted molar refractivity (Wildman–Crippen MR) is 118 cm³/mol. The maximum absolute atomic E-state index is 13.2. The van der Waals surface area contributed by atoms with Crippen LogP contribution < -0.4 is 9.21 Å². The van der Waals surface area contributed by atoms with Gasteiger partial charge in [-0.1, -0.05) is 24.3 Å². The SMILES string of the molecule is Cc1cc(C)cc(N([C@@H](C)C(=O)N2CCN(c3ccccc3)CC2)S(C)(=O)=O)c1. The Hall–Kier alpha value is -2.54. The van der Waals surface area contributed by atoms with E-state index in [0.717, 1.165) is 36.2 Å². The van der Waals surface area contributed by atoms with Crippen LogP contribution in [0.4, 0.5) is 11.4 Å². The van der Waals surface area contributed by atoms with E-state index in [-0.39, 0.29) is 5.91 Å². The lowest BCUT2D eigenvalue weighted by atomic mass is 10.1. The average molecular weight is 416 g/mol. The van der Waals surface area contributed by atoms with Crippen molar-refractivity contribution < 1.29 is 13.2 Å². The molecule has 2 aromatic carbocycles. The van der Waals surface area contributed by atoms with Gasteiger partial charge in [0.15, 0.2) is 0 Å². The fourth-order valence-corrected chi connectivity index (χ4v) is 5.12. The molecule has 1 amide bonds. The largest absolute Gasteiger partial charge is 0.368 e. The molecule has 1 aliphatic heterocycles. The molecule has 1 heterocycles. The van der Waals surface area contributed by atoms with Crippen LogP contribution in [-0.2, 0) is 14.8 Å². The number of carbonyl (C=O) groups excluding carboxylic acids is 1. The second kappa shape index (κ2) is 8.45. The molecule has 2 aromatic rings. The van der Waals surface area contributed by atoms with Crippen molar-refractivity contribution in [3.8, 4) is 0 Å². The lowest BCUT2D eigenvalue weighted by molar-refractivity contribution is -0.132. The van der Waals surface area contributed by atoms with Gasteiger partial charge < -0.3 is 9.80 Å². The minimum atomic E-state index is -3.61. The maximum atomic E-state index is 13.2. The molecule has 0 bridgehead atoms. The Morgan fingerprint density at radius 2 is 1.52 bits per heavy atom. The molecule has 29 heavy (non-hydrogen) atoms. The van der Waals surface area contributed by atoms with E-state index in [2.05, 4.69) is 17.0 Å². The van der Waals surface area contributed by atoms with Gasteiger partial charge in [0.2, 0.25) is 15.9 Å². The van der Waals surface area contributed by atoms with Crippen molar-refractivity contribution in [2.24, 2.45) is 0 Å². The number of amides is 1. The van der Waals surface area contributed by atoms with Crippen molar-refractivity contribution in [2.45, 2.75) is 26.8 Å². The summed E-state index contributed by atoms with van der Waals surface area (Å²) in [7, 11) is -3.61. The van der Waals surface area contributed by atoms with Gasteiger partial charge in [0.1, 0.15) is 6.04 Å². The van der Waals surface area contributed by atoms with E-state index in [1.54, 1.807) is 11.8 Å². The number of rotatable bonds is 5. The molecule has 0 unspecified atom stereocenters. The third kappa shape index (κ3) is 4.90. The van der Waals surface area contributed by atoms with Gasteiger partial charge in [-0.05, 0) is 56.2 Å². The second-order valence-corrected chi connectivity index (χ2v) is 9.59. The van der Waals surface area contributed by atoms with Crippen LogP contribution in [0.15, 0.2) is 48.5 Å². The third-order valence-electron chi connectivity index (χ3n) is 5.24. The van der Waals surface area contributed by atoms with Crippen molar-refractivity contribution in [3.05, 3.63) is 59.7 Å². The van der Waals surface area contributed by atoms with Gasteiger partial charge in [-0.25, -0.2) is 8.42 Å². The van der Waals surface area contributed by atoms with E-state index in [0.29, 0.717) is 18.8 Å². The normalized spacial score (nSPS) is 15.9. The third-order valence-corrected chi connectivity index (χ3v) is 6.48. The van der Waals surface area contributed by atoms with E-state index in [4.69, 9.17) is 0 Å². The molecule has 0 saturated carbocycles. The van der Waals surface area contributed by atoms with Gasteiger partial charge in [0.25, 0.3) is 0 Å². The van der Waals surface area contributed by atoms with Gasteiger partial charge in [0, 0.05) is 31.9 Å². The Labute approximate surface area is 173 Å². The summed E-state index contributed by atoms with van der Waals surface area (Å²) in [5.41, 5.74) is 3.60. The Bertz CT molecular complexity index is 948. The van der Waals surface area contributed by atoms with Gasteiger partial charge in [-0.2, -0.15) is 0 Å². The summed E-state index contributed by atoms with van der Waals surface area (Å²) in [4.78, 5) is 17.2. The standard InChI is InChI=1S/C22H29N3O3S/c1-17-14-18(2)16-21(15-17)25(29(4,27)28)19(3)22(26)24-12-10-23(11-13-24)20-8-6-5-7-9-20/h5-9,14-16,19H,10-13H2,1-4H3/t19-/m0/s1. The summed E-state index contributed by atoms with van der Waals surface area (Å²) >= 11 is 0. The Kier molecular flexibility index (Phi) is 6.17. The molecule has 1 fully saturated rings. The molecule has 3 rings (SSSR count). The number of aryl methyl sites for hydroxylation is 2. The van der Waals surface area contributed by atoms with Crippen LogP contribution in [0, 0.1) is 13.8 Å². The Morgan fingerprint density at radius 3 is 2.03 bits per heavy atom. The molecule has 1 aliphatic rings. The fourth-order valence-electron chi connectivity index (χ4n) is 3.97. The summed E-state index contributed by atoms with van der Waals surface area (Å²) in [5, 5.41) is 0. The first-order chi connectivity index (χ1) is 13.7. The van der Waals surface area contributed by atoms with E-state index in [1.165, 1.54) is 4.31 Å². The van der Waals surface area contributed by atoms with E-state index in [1.807, 2.05) is 50.2 Å². The Morgan fingerprint density at radius 1 is 0.966 bits per heavy atom. The van der Waals surface area contributed by atoms with Crippen LogP contribution in [0.2, 0.25) is 0 Å². The van der Waals surface area contributed by atoms with Crippen molar-refractivity contribution in [3.63, 3.8) is 0 Å². The zero-order valence-corrected chi connectivity index (χ0v) is 18.3. The zero-order valence-electron chi connectivity index (χ0n) is 17.5. The van der Waals surface area contributed by atoms with Gasteiger partial charge in [-0.15, -0.1) is 0 Å². The molecule has 0 spiro atoms. The summed E-state index contributed by atoms with van der Waals surface area (Å²) in [6, 6.07) is 14.9. The van der Waals surface area contributed by atoms with Gasteiger partial charge in [-0.3, -0.25) is 9.10 Å². The van der Waals surface area contributed by atoms with Crippen LogP contribution in [0.25, 0.3) is 0 Å². The fraction of sp³-hybridized carbons (Fsp3) is 0.409.